The van der Waals surface area contributed by atoms with Crippen molar-refractivity contribution >= 4 is 5.91 Å². The molecule has 21 heavy (non-hydrogen) atoms. The van der Waals surface area contributed by atoms with E-state index >= 15 is 0 Å². The van der Waals surface area contributed by atoms with Gasteiger partial charge in [0.15, 0.2) is 0 Å². The molecule has 0 radical (unpaired) electrons. The third-order valence-electron chi connectivity index (χ3n) is 7.17. The van der Waals surface area contributed by atoms with Crippen molar-refractivity contribution in [3.8, 4) is 0 Å². The molecule has 3 heterocycles. The molecule has 1 aliphatic carbocycles. The van der Waals surface area contributed by atoms with Gasteiger partial charge in [-0.3, -0.25) is 9.69 Å². The quantitative estimate of drug-likeness (QED) is 0.695. The van der Waals surface area contributed by atoms with Crippen LogP contribution in [0.5, 0.6) is 0 Å². The molecule has 0 N–H and O–H groups in total. The molecule has 2 spiro atoms. The molecule has 4 nitrogen and oxygen atoms in total. The summed E-state index contributed by atoms with van der Waals surface area (Å²) in [4.78, 5) is 21.7. The number of nitrogens with zero attached hydrogens (tertiary/aromatic N) is 2. The molecule has 4 rings (SSSR count). The van der Waals surface area contributed by atoms with Crippen molar-refractivity contribution in [2.45, 2.75) is 77.2 Å². The minimum atomic E-state index is -0.0531. The molecular weight excluding hydrogens is 264 g/mol. The lowest BCUT2D eigenvalue weighted by Crippen LogP contribution is -2.85. The number of hydrogen-bond donors (Lipinski definition) is 0. The lowest BCUT2D eigenvalue weighted by atomic mass is 9.62. The van der Waals surface area contributed by atoms with Gasteiger partial charge in [0, 0.05) is 19.9 Å². The molecule has 4 heteroatoms. The highest BCUT2D eigenvalue weighted by Crippen LogP contribution is 2.67. The van der Waals surface area contributed by atoms with Crippen LogP contribution in [0.15, 0.2) is 0 Å². The number of rotatable bonds is 1. The van der Waals surface area contributed by atoms with Gasteiger partial charge in [0.05, 0.1) is 5.92 Å². The van der Waals surface area contributed by atoms with Gasteiger partial charge in [-0.15, -0.1) is 4.65 Å². The maximum absolute atomic E-state index is 12.9. The predicted octanol–water partition coefficient (Wildman–Crippen LogP) is 2.54. The number of hydroxylamine groups is 3. The van der Waals surface area contributed by atoms with Crippen LogP contribution in [0.25, 0.3) is 0 Å². The van der Waals surface area contributed by atoms with E-state index in [0.29, 0.717) is 34.3 Å². The van der Waals surface area contributed by atoms with Gasteiger partial charge in [0.25, 0.3) is 5.91 Å². The fourth-order valence-electron chi connectivity index (χ4n) is 6.18. The predicted molar refractivity (Wildman–Crippen MR) is 79.8 cm³/mol. The summed E-state index contributed by atoms with van der Waals surface area (Å²) < 4.78 is 0.639. The Hall–Kier alpha value is -0.610. The van der Waals surface area contributed by atoms with Crippen LogP contribution in [-0.4, -0.2) is 46.4 Å². The Morgan fingerprint density at radius 2 is 2.05 bits per heavy atom. The average molecular weight is 293 g/mol. The molecule has 3 saturated heterocycles. The van der Waals surface area contributed by atoms with E-state index < -0.39 is 0 Å². The highest BCUT2D eigenvalue weighted by molar-refractivity contribution is 5.83. The zero-order valence-electron chi connectivity index (χ0n) is 14.0. The second kappa shape index (κ2) is 4.02. The van der Waals surface area contributed by atoms with Crippen LogP contribution in [-0.2, 0) is 9.63 Å². The minimum Gasteiger partial charge on any atom is -0.285 e. The molecule has 0 bridgehead atoms. The molecule has 7 unspecified atom stereocenters. The Kier molecular flexibility index (Phi) is 2.68. The maximum atomic E-state index is 12.9. The lowest BCUT2D eigenvalue weighted by Gasteiger charge is -2.66. The molecular formula is C17H29N2O2+. The van der Waals surface area contributed by atoms with Gasteiger partial charge in [-0.05, 0) is 31.6 Å². The van der Waals surface area contributed by atoms with Crippen LogP contribution < -0.4 is 0 Å². The zero-order valence-corrected chi connectivity index (χ0v) is 14.0. The number of likely N-dealkylation sites (N-methyl/N-ethyl adjacent to an activating group) is 1. The Morgan fingerprint density at radius 3 is 2.71 bits per heavy atom. The number of carbonyl (C=O) groups is 1. The van der Waals surface area contributed by atoms with Crippen molar-refractivity contribution in [3.05, 3.63) is 0 Å². The Morgan fingerprint density at radius 1 is 1.33 bits per heavy atom. The molecule has 0 aromatic rings. The monoisotopic (exact) mass is 293 g/mol. The Balaban J connectivity index is 1.80. The molecule has 3 aliphatic heterocycles. The van der Waals surface area contributed by atoms with Gasteiger partial charge in [0.1, 0.15) is 12.1 Å². The molecule has 0 aromatic heterocycles. The summed E-state index contributed by atoms with van der Waals surface area (Å²) in [6.45, 7) is 9.10. The third kappa shape index (κ3) is 1.29. The molecule has 0 aromatic carbocycles. The zero-order chi connectivity index (χ0) is 15.2. The van der Waals surface area contributed by atoms with E-state index in [-0.39, 0.29) is 17.8 Å². The van der Waals surface area contributed by atoms with E-state index in [1.54, 1.807) is 0 Å². The van der Waals surface area contributed by atoms with Gasteiger partial charge >= 0.3 is 0 Å². The van der Waals surface area contributed by atoms with Crippen molar-refractivity contribution in [1.29, 1.82) is 0 Å². The molecule has 1 saturated carbocycles. The standard InChI is InChI=1S/C17H29N2O2/c1-10(2)15-8-14-16(20)18(5)17-9-11(3)6-7-13(17)12(4)19(14,17)21-15/h10-15H,6-9H2,1-5H3/q+1. The van der Waals surface area contributed by atoms with Gasteiger partial charge in [-0.1, -0.05) is 20.8 Å². The van der Waals surface area contributed by atoms with Gasteiger partial charge in [0.2, 0.25) is 11.7 Å². The molecule has 1 amide bonds. The molecule has 4 fully saturated rings. The summed E-state index contributed by atoms with van der Waals surface area (Å²) in [5, 5.41) is 0. The summed E-state index contributed by atoms with van der Waals surface area (Å²) >= 11 is 0. The highest BCUT2D eigenvalue weighted by Gasteiger charge is 2.87. The topological polar surface area (TPSA) is 29.5 Å². The van der Waals surface area contributed by atoms with Crippen LogP contribution in [0.3, 0.4) is 0 Å². The SMILES string of the molecule is CC1CCC2C(C)[N+]34OC(C(C)C)CC3C(=O)N(C)C24C1. The molecule has 118 valence electrons. The smallest absolute Gasteiger partial charge is 0.285 e. The normalized spacial score (nSPS) is 55.2. The number of amides is 1. The summed E-state index contributed by atoms with van der Waals surface area (Å²) in [5.41, 5.74) is -0.0531. The second-order valence-electron chi connectivity index (χ2n) is 8.36. The largest absolute Gasteiger partial charge is 0.288 e. The van der Waals surface area contributed by atoms with E-state index in [9.17, 15) is 4.79 Å². The van der Waals surface area contributed by atoms with Crippen molar-refractivity contribution < 1.29 is 14.3 Å². The fraction of sp³-hybridized carbons (Fsp3) is 0.941. The number of quaternary nitrogens is 1. The molecule has 7 atom stereocenters. The maximum Gasteiger partial charge on any atom is 0.288 e. The first kappa shape index (κ1) is 14.0. The van der Waals surface area contributed by atoms with Crippen molar-refractivity contribution in [1.82, 2.24) is 4.90 Å². The average Bonchev–Trinajstić information content (AvgIpc) is 2.92. The van der Waals surface area contributed by atoms with Crippen LogP contribution in [0.1, 0.15) is 53.4 Å². The Bertz CT molecular complexity index is 493. The minimum absolute atomic E-state index is 0.0531. The number of carbonyl (C=O) groups excluding carboxylic acids is 1. The first-order valence-corrected chi connectivity index (χ1v) is 8.71. The first-order valence-electron chi connectivity index (χ1n) is 8.71. The first-order chi connectivity index (χ1) is 9.86. The van der Waals surface area contributed by atoms with Crippen LogP contribution in [0.4, 0.5) is 0 Å². The van der Waals surface area contributed by atoms with Crippen molar-refractivity contribution in [3.63, 3.8) is 0 Å². The Labute approximate surface area is 128 Å². The number of hydrogen-bond acceptors (Lipinski definition) is 2. The van der Waals surface area contributed by atoms with E-state index in [0.717, 1.165) is 12.8 Å². The van der Waals surface area contributed by atoms with Gasteiger partial charge < -0.3 is 0 Å². The van der Waals surface area contributed by atoms with E-state index in [1.807, 2.05) is 7.05 Å². The van der Waals surface area contributed by atoms with E-state index in [4.69, 9.17) is 4.84 Å². The highest BCUT2D eigenvalue weighted by atomic mass is 16.8. The summed E-state index contributed by atoms with van der Waals surface area (Å²) in [5.74, 6) is 2.14. The van der Waals surface area contributed by atoms with Gasteiger partial charge in [-0.25, -0.2) is 0 Å². The van der Waals surface area contributed by atoms with Crippen LogP contribution in [0.2, 0.25) is 0 Å². The van der Waals surface area contributed by atoms with Crippen molar-refractivity contribution in [2.75, 3.05) is 7.05 Å². The van der Waals surface area contributed by atoms with E-state index in [1.165, 1.54) is 12.8 Å². The lowest BCUT2D eigenvalue weighted by molar-refractivity contribution is -1.20. The van der Waals surface area contributed by atoms with Crippen LogP contribution in [0, 0.1) is 17.8 Å². The summed E-state index contributed by atoms with van der Waals surface area (Å²) in [6, 6.07) is 0.527. The fourth-order valence-corrected chi connectivity index (χ4v) is 6.18. The third-order valence-corrected chi connectivity index (χ3v) is 7.17. The molecule has 4 aliphatic rings. The van der Waals surface area contributed by atoms with Crippen LogP contribution >= 0.6 is 0 Å². The van der Waals surface area contributed by atoms with Gasteiger partial charge in [-0.2, -0.15) is 4.84 Å². The van der Waals surface area contributed by atoms with E-state index in [2.05, 4.69) is 32.6 Å². The summed E-state index contributed by atoms with van der Waals surface area (Å²) in [7, 11) is 2.03. The second-order valence-corrected chi connectivity index (χ2v) is 8.36. The summed E-state index contributed by atoms with van der Waals surface area (Å²) in [6.07, 6.45) is 4.82. The van der Waals surface area contributed by atoms with Crippen molar-refractivity contribution in [2.24, 2.45) is 17.8 Å².